The standard InChI is InChI=1S/C16H9BrN2/c17-14-10-13-9-12(5-7-16(13)19-11-14)4-6-15-3-1-2-8-18-15/h1-3,5,7-11H. The highest BCUT2D eigenvalue weighted by Crippen LogP contribution is 2.18. The summed E-state index contributed by atoms with van der Waals surface area (Å²) < 4.78 is 0.967. The average molecular weight is 309 g/mol. The minimum atomic E-state index is 0.773. The zero-order valence-electron chi connectivity index (χ0n) is 9.97. The normalized spacial score (nSPS) is 9.95. The Hall–Kier alpha value is -2.18. The summed E-state index contributed by atoms with van der Waals surface area (Å²) >= 11 is 3.42. The molecule has 0 bridgehead atoms. The highest BCUT2D eigenvalue weighted by atomic mass is 79.9. The smallest absolute Gasteiger partial charge is 0.113 e. The Balaban J connectivity index is 2.00. The van der Waals surface area contributed by atoms with Crippen LogP contribution < -0.4 is 0 Å². The molecule has 3 aromatic rings. The first-order valence-corrected chi connectivity index (χ1v) is 6.59. The number of nitrogens with zero attached hydrogens (tertiary/aromatic N) is 2. The lowest BCUT2D eigenvalue weighted by Crippen LogP contribution is -1.82. The minimum Gasteiger partial charge on any atom is -0.255 e. The van der Waals surface area contributed by atoms with Crippen molar-refractivity contribution >= 4 is 26.8 Å². The van der Waals surface area contributed by atoms with Gasteiger partial charge in [-0.05, 0) is 58.2 Å². The number of hydrogen-bond donors (Lipinski definition) is 0. The number of aromatic nitrogens is 2. The van der Waals surface area contributed by atoms with Gasteiger partial charge in [-0.3, -0.25) is 4.98 Å². The molecule has 0 aliphatic heterocycles. The third-order valence-electron chi connectivity index (χ3n) is 2.65. The Kier molecular flexibility index (Phi) is 3.26. The summed E-state index contributed by atoms with van der Waals surface area (Å²) in [5.74, 6) is 6.16. The third kappa shape index (κ3) is 2.81. The third-order valence-corrected chi connectivity index (χ3v) is 3.08. The van der Waals surface area contributed by atoms with Crippen LogP contribution in [0.5, 0.6) is 0 Å². The number of benzene rings is 1. The van der Waals surface area contributed by atoms with Crippen molar-refractivity contribution in [3.8, 4) is 11.8 Å². The van der Waals surface area contributed by atoms with E-state index in [2.05, 4.69) is 37.7 Å². The van der Waals surface area contributed by atoms with E-state index in [1.54, 1.807) is 12.4 Å². The molecule has 3 heteroatoms. The molecule has 0 amide bonds. The molecule has 0 aliphatic rings. The van der Waals surface area contributed by atoms with Gasteiger partial charge in [-0.2, -0.15) is 0 Å². The van der Waals surface area contributed by atoms with Gasteiger partial charge in [0.05, 0.1) is 5.52 Å². The molecule has 2 nitrogen and oxygen atoms in total. The maximum Gasteiger partial charge on any atom is 0.113 e. The summed E-state index contributed by atoms with van der Waals surface area (Å²) in [5.41, 5.74) is 2.69. The summed E-state index contributed by atoms with van der Waals surface area (Å²) in [6, 6.07) is 13.7. The summed E-state index contributed by atoms with van der Waals surface area (Å²) in [6.45, 7) is 0. The second-order valence-electron chi connectivity index (χ2n) is 4.03. The van der Waals surface area contributed by atoms with Crippen LogP contribution in [0.1, 0.15) is 11.3 Å². The van der Waals surface area contributed by atoms with Crippen LogP contribution in [0.4, 0.5) is 0 Å². The molecule has 3 rings (SSSR count). The van der Waals surface area contributed by atoms with Crippen molar-refractivity contribution in [3.05, 3.63) is 70.6 Å². The van der Waals surface area contributed by atoms with Crippen LogP contribution in [0.25, 0.3) is 10.9 Å². The maximum atomic E-state index is 4.33. The van der Waals surface area contributed by atoms with Gasteiger partial charge in [-0.25, -0.2) is 4.98 Å². The SMILES string of the molecule is Brc1cnc2ccc(C#Cc3ccccn3)cc2c1. The lowest BCUT2D eigenvalue weighted by atomic mass is 10.1. The van der Waals surface area contributed by atoms with Crippen LogP contribution in [0, 0.1) is 11.8 Å². The molecular formula is C16H9BrN2. The Morgan fingerprint density at radius 2 is 1.89 bits per heavy atom. The highest BCUT2D eigenvalue weighted by Gasteiger charge is 1.97. The van der Waals surface area contributed by atoms with Gasteiger partial charge in [-0.15, -0.1) is 0 Å². The van der Waals surface area contributed by atoms with Crippen LogP contribution >= 0.6 is 15.9 Å². The first-order valence-electron chi connectivity index (χ1n) is 5.80. The fourth-order valence-corrected chi connectivity index (χ4v) is 2.10. The second kappa shape index (κ2) is 5.21. The zero-order chi connectivity index (χ0) is 13.1. The quantitative estimate of drug-likeness (QED) is 0.590. The largest absolute Gasteiger partial charge is 0.255 e. The summed E-state index contributed by atoms with van der Waals surface area (Å²) in [6.07, 6.45) is 3.53. The Morgan fingerprint density at radius 3 is 2.74 bits per heavy atom. The van der Waals surface area contributed by atoms with Crippen LogP contribution in [0.2, 0.25) is 0 Å². The van der Waals surface area contributed by atoms with Gasteiger partial charge in [0.2, 0.25) is 0 Å². The molecular weight excluding hydrogens is 300 g/mol. The first-order chi connectivity index (χ1) is 9.31. The molecule has 19 heavy (non-hydrogen) atoms. The van der Waals surface area contributed by atoms with E-state index in [0.717, 1.165) is 26.6 Å². The van der Waals surface area contributed by atoms with Gasteiger partial charge < -0.3 is 0 Å². The van der Waals surface area contributed by atoms with Crippen LogP contribution in [0.15, 0.2) is 59.3 Å². The van der Waals surface area contributed by atoms with Gasteiger partial charge in [0.15, 0.2) is 0 Å². The summed E-state index contributed by atoms with van der Waals surface area (Å²) in [5, 5.41) is 1.07. The molecule has 0 N–H and O–H groups in total. The molecule has 90 valence electrons. The summed E-state index contributed by atoms with van der Waals surface area (Å²) in [7, 11) is 0. The molecule has 0 fully saturated rings. The zero-order valence-corrected chi connectivity index (χ0v) is 11.6. The monoisotopic (exact) mass is 308 g/mol. The first kappa shape index (κ1) is 11.9. The molecule has 0 spiro atoms. The van der Waals surface area contributed by atoms with E-state index in [0.29, 0.717) is 0 Å². The average Bonchev–Trinajstić information content (AvgIpc) is 2.46. The van der Waals surface area contributed by atoms with Gasteiger partial charge >= 0.3 is 0 Å². The van der Waals surface area contributed by atoms with E-state index in [9.17, 15) is 0 Å². The molecule has 2 aromatic heterocycles. The van der Waals surface area contributed by atoms with Gasteiger partial charge in [0.25, 0.3) is 0 Å². The highest BCUT2D eigenvalue weighted by molar-refractivity contribution is 9.10. The lowest BCUT2D eigenvalue weighted by Gasteiger charge is -1.98. The van der Waals surface area contributed by atoms with Crippen molar-refractivity contribution in [2.75, 3.05) is 0 Å². The van der Waals surface area contributed by atoms with Crippen LogP contribution in [-0.4, -0.2) is 9.97 Å². The second-order valence-corrected chi connectivity index (χ2v) is 4.94. The van der Waals surface area contributed by atoms with Gasteiger partial charge in [0, 0.05) is 27.8 Å². The maximum absolute atomic E-state index is 4.33. The van der Waals surface area contributed by atoms with Crippen molar-refractivity contribution in [1.29, 1.82) is 0 Å². The number of fused-ring (bicyclic) bond motifs is 1. The Labute approximate surface area is 119 Å². The predicted octanol–water partition coefficient (Wildman–Crippen LogP) is 3.79. The number of pyridine rings is 2. The lowest BCUT2D eigenvalue weighted by molar-refractivity contribution is 1.29. The number of hydrogen-bond acceptors (Lipinski definition) is 2. The van der Waals surface area contributed by atoms with E-state index in [4.69, 9.17) is 0 Å². The van der Waals surface area contributed by atoms with Gasteiger partial charge in [0.1, 0.15) is 5.69 Å². The van der Waals surface area contributed by atoms with E-state index >= 15 is 0 Å². The molecule has 0 aliphatic carbocycles. The molecule has 0 saturated carbocycles. The van der Waals surface area contributed by atoms with Crippen molar-refractivity contribution in [3.63, 3.8) is 0 Å². The molecule has 0 radical (unpaired) electrons. The number of rotatable bonds is 0. The van der Waals surface area contributed by atoms with Crippen LogP contribution in [0.3, 0.4) is 0 Å². The molecule has 1 aromatic carbocycles. The Morgan fingerprint density at radius 1 is 0.947 bits per heavy atom. The number of halogens is 1. The molecule has 0 atom stereocenters. The fourth-order valence-electron chi connectivity index (χ4n) is 1.76. The van der Waals surface area contributed by atoms with E-state index in [-0.39, 0.29) is 0 Å². The van der Waals surface area contributed by atoms with Crippen LogP contribution in [-0.2, 0) is 0 Å². The predicted molar refractivity (Wildman–Crippen MR) is 79.7 cm³/mol. The summed E-state index contributed by atoms with van der Waals surface area (Å²) in [4.78, 5) is 8.51. The van der Waals surface area contributed by atoms with Crippen molar-refractivity contribution < 1.29 is 0 Å². The van der Waals surface area contributed by atoms with E-state index in [1.807, 2.05) is 42.5 Å². The fraction of sp³-hybridized carbons (Fsp3) is 0. The molecule has 0 unspecified atom stereocenters. The van der Waals surface area contributed by atoms with Crippen molar-refractivity contribution in [2.45, 2.75) is 0 Å². The molecule has 0 saturated heterocycles. The van der Waals surface area contributed by atoms with Crippen molar-refractivity contribution in [1.82, 2.24) is 9.97 Å². The Bertz CT molecular complexity index is 786. The topological polar surface area (TPSA) is 25.8 Å². The van der Waals surface area contributed by atoms with Crippen molar-refractivity contribution in [2.24, 2.45) is 0 Å². The van der Waals surface area contributed by atoms with Gasteiger partial charge in [-0.1, -0.05) is 12.0 Å². The van der Waals surface area contributed by atoms with E-state index < -0.39 is 0 Å². The molecule has 2 heterocycles. The minimum absolute atomic E-state index is 0.773. The van der Waals surface area contributed by atoms with E-state index in [1.165, 1.54) is 0 Å².